The Labute approximate surface area is 212 Å². The summed E-state index contributed by atoms with van der Waals surface area (Å²) in [5, 5.41) is 0. The smallest absolute Gasteiger partial charge is 0.331 e. The fraction of sp³-hybridized carbons (Fsp3) is 0.259. The highest BCUT2D eigenvalue weighted by atomic mass is 127. The normalized spacial score (nSPS) is 12.1. The third-order valence-corrected chi connectivity index (χ3v) is 5.66. The van der Waals surface area contributed by atoms with E-state index in [0.717, 1.165) is 17.2 Å². The Morgan fingerprint density at radius 2 is 1.53 bits per heavy atom. The molecule has 3 rings (SSSR count). The van der Waals surface area contributed by atoms with Crippen LogP contribution < -0.4 is 4.74 Å². The maximum atomic E-state index is 15.1. The lowest BCUT2D eigenvalue weighted by atomic mass is 10.00. The second-order valence-electron chi connectivity index (χ2n) is 8.63. The molecule has 3 aromatic carbocycles. The molecule has 0 spiro atoms. The fourth-order valence-corrected chi connectivity index (χ4v) is 4.04. The lowest BCUT2D eigenvalue weighted by molar-refractivity contribution is -0.156. The van der Waals surface area contributed by atoms with Crippen LogP contribution in [0.1, 0.15) is 37.5 Å². The topological polar surface area (TPSA) is 47.9 Å². The van der Waals surface area contributed by atoms with Crippen LogP contribution in [0.25, 0.3) is 0 Å². The van der Waals surface area contributed by atoms with Crippen LogP contribution in [-0.2, 0) is 16.0 Å². The molecule has 7 heteroatoms. The molecule has 0 fully saturated rings. The maximum Gasteiger partial charge on any atom is 0.331 e. The molecule has 34 heavy (non-hydrogen) atoms. The summed E-state index contributed by atoms with van der Waals surface area (Å²) in [6.45, 7) is 5.23. The Morgan fingerprint density at radius 3 is 2.00 bits per heavy atom. The molecule has 0 N–H and O–H groups in total. The molecule has 0 aliphatic rings. The van der Waals surface area contributed by atoms with Crippen molar-refractivity contribution in [3.63, 3.8) is 0 Å². The van der Waals surface area contributed by atoms with Crippen molar-refractivity contribution >= 4 is 34.3 Å². The van der Waals surface area contributed by atoms with Gasteiger partial charge in [0.15, 0.2) is 17.6 Å². The molecule has 3 aromatic rings. The van der Waals surface area contributed by atoms with E-state index in [-0.39, 0.29) is 21.3 Å². The number of rotatable bonds is 7. The zero-order chi connectivity index (χ0) is 24.9. The third-order valence-electron chi connectivity index (χ3n) is 4.88. The standard InChI is InChI=1S/C27H26F2INO3/c1-27(2,3)34-26(32)22(15-19-23(29)21(30)16-20(28)25(19)33-4)31-24(17-11-7-5-8-12-17)18-13-9-6-10-14-18/h5-14,16,22H,15H2,1-4H3. The summed E-state index contributed by atoms with van der Waals surface area (Å²) in [7, 11) is 1.26. The van der Waals surface area contributed by atoms with Crippen LogP contribution in [0.15, 0.2) is 71.7 Å². The van der Waals surface area contributed by atoms with Crippen LogP contribution in [0.4, 0.5) is 8.78 Å². The average Bonchev–Trinajstić information content (AvgIpc) is 2.79. The predicted molar refractivity (Wildman–Crippen MR) is 137 cm³/mol. The molecule has 0 aliphatic heterocycles. The van der Waals surface area contributed by atoms with Gasteiger partial charge in [-0.3, -0.25) is 4.99 Å². The highest BCUT2D eigenvalue weighted by Crippen LogP contribution is 2.31. The van der Waals surface area contributed by atoms with Gasteiger partial charge >= 0.3 is 5.97 Å². The maximum absolute atomic E-state index is 15.1. The van der Waals surface area contributed by atoms with Crippen molar-refractivity contribution < 1.29 is 23.0 Å². The van der Waals surface area contributed by atoms with Crippen LogP contribution in [-0.4, -0.2) is 30.4 Å². The molecule has 4 nitrogen and oxygen atoms in total. The Kier molecular flexibility index (Phi) is 8.41. The highest BCUT2D eigenvalue weighted by Gasteiger charge is 2.30. The summed E-state index contributed by atoms with van der Waals surface area (Å²) < 4.78 is 40.5. The number of nitrogens with zero attached hydrogens (tertiary/aromatic N) is 1. The molecule has 0 aromatic heterocycles. The van der Waals surface area contributed by atoms with Crippen LogP contribution in [0.2, 0.25) is 0 Å². The van der Waals surface area contributed by atoms with Crippen molar-refractivity contribution in [2.45, 2.75) is 38.8 Å². The zero-order valence-corrected chi connectivity index (χ0v) is 21.6. The van der Waals surface area contributed by atoms with E-state index in [4.69, 9.17) is 14.5 Å². The van der Waals surface area contributed by atoms with Crippen molar-refractivity contribution in [3.05, 3.63) is 98.6 Å². The highest BCUT2D eigenvalue weighted by molar-refractivity contribution is 14.1. The number of esters is 1. The number of aliphatic imine (C=N–C) groups is 1. The fourth-order valence-electron chi connectivity index (χ4n) is 3.44. The first-order chi connectivity index (χ1) is 16.1. The van der Waals surface area contributed by atoms with Crippen LogP contribution in [0.5, 0.6) is 5.75 Å². The predicted octanol–water partition coefficient (Wildman–Crippen LogP) is 6.37. The van der Waals surface area contributed by atoms with Crippen LogP contribution in [0.3, 0.4) is 0 Å². The number of halogens is 3. The molecule has 1 atom stereocenters. The largest absolute Gasteiger partial charge is 0.493 e. The van der Waals surface area contributed by atoms with E-state index in [0.29, 0.717) is 5.71 Å². The summed E-state index contributed by atoms with van der Waals surface area (Å²) in [6, 6.07) is 18.7. The molecule has 0 bridgehead atoms. The van der Waals surface area contributed by atoms with E-state index in [1.807, 2.05) is 60.7 Å². The zero-order valence-electron chi connectivity index (χ0n) is 19.4. The van der Waals surface area contributed by atoms with Crippen molar-refractivity contribution in [1.29, 1.82) is 0 Å². The van der Waals surface area contributed by atoms with Gasteiger partial charge in [-0.1, -0.05) is 60.7 Å². The van der Waals surface area contributed by atoms with E-state index in [1.165, 1.54) is 7.11 Å². The van der Waals surface area contributed by atoms with Gasteiger partial charge in [0.1, 0.15) is 11.4 Å². The quantitative estimate of drug-likeness (QED) is 0.142. The van der Waals surface area contributed by atoms with Crippen LogP contribution >= 0.6 is 22.6 Å². The van der Waals surface area contributed by atoms with Crippen molar-refractivity contribution in [3.8, 4) is 5.75 Å². The number of methoxy groups -OCH3 is 1. The van der Waals surface area contributed by atoms with Gasteiger partial charge in [0.25, 0.3) is 0 Å². The van der Waals surface area contributed by atoms with Gasteiger partial charge in [0.05, 0.1) is 16.4 Å². The Hall–Kier alpha value is -2.81. The van der Waals surface area contributed by atoms with Crippen molar-refractivity contribution in [2.24, 2.45) is 4.99 Å². The summed E-state index contributed by atoms with van der Waals surface area (Å²) in [4.78, 5) is 18.0. The molecule has 0 saturated carbocycles. The lowest BCUT2D eigenvalue weighted by Crippen LogP contribution is -2.33. The molecule has 0 amide bonds. The second kappa shape index (κ2) is 11.1. The van der Waals surface area contributed by atoms with E-state index in [1.54, 1.807) is 43.4 Å². The summed E-state index contributed by atoms with van der Waals surface area (Å²) in [5.74, 6) is -2.25. The van der Waals surface area contributed by atoms with Gasteiger partial charge in [-0.25, -0.2) is 13.6 Å². The number of carbonyl (C=O) groups excluding carboxylic acids is 1. The molecular weight excluding hydrogens is 551 g/mol. The molecule has 178 valence electrons. The van der Waals surface area contributed by atoms with Gasteiger partial charge in [-0.2, -0.15) is 0 Å². The molecular formula is C27H26F2INO3. The first-order valence-electron chi connectivity index (χ1n) is 10.7. The molecule has 0 radical (unpaired) electrons. The van der Waals surface area contributed by atoms with Gasteiger partial charge in [0, 0.05) is 23.1 Å². The van der Waals surface area contributed by atoms with E-state index in [9.17, 15) is 9.18 Å². The first kappa shape index (κ1) is 25.8. The number of hydrogen-bond acceptors (Lipinski definition) is 4. The van der Waals surface area contributed by atoms with Gasteiger partial charge in [0.2, 0.25) is 0 Å². The Bertz CT molecular complexity index is 1130. The van der Waals surface area contributed by atoms with Crippen LogP contribution in [0, 0.1) is 15.2 Å². The summed E-state index contributed by atoms with van der Waals surface area (Å²) in [5.41, 5.74) is 1.25. The van der Waals surface area contributed by atoms with Gasteiger partial charge < -0.3 is 9.47 Å². The number of carbonyl (C=O) groups is 1. The van der Waals surface area contributed by atoms with Gasteiger partial charge in [-0.15, -0.1) is 0 Å². The SMILES string of the molecule is COc1c(F)cc(I)c(F)c1CC(N=C(c1ccccc1)c1ccccc1)C(=O)OC(C)(C)C. The molecule has 1 unspecified atom stereocenters. The van der Waals surface area contributed by atoms with Gasteiger partial charge in [-0.05, 0) is 49.4 Å². The minimum Gasteiger partial charge on any atom is -0.493 e. The molecule has 0 aliphatic carbocycles. The second-order valence-corrected chi connectivity index (χ2v) is 9.79. The summed E-state index contributed by atoms with van der Waals surface area (Å²) >= 11 is 1.72. The number of hydrogen-bond donors (Lipinski definition) is 0. The Balaban J connectivity index is 2.18. The number of ether oxygens (including phenoxy) is 2. The van der Waals surface area contributed by atoms with E-state index >= 15 is 4.39 Å². The minimum atomic E-state index is -1.14. The van der Waals surface area contributed by atoms with E-state index < -0.39 is 29.2 Å². The van der Waals surface area contributed by atoms with Crippen molar-refractivity contribution in [1.82, 2.24) is 0 Å². The Morgan fingerprint density at radius 1 is 1.00 bits per heavy atom. The first-order valence-corrected chi connectivity index (χ1v) is 11.8. The number of benzene rings is 3. The van der Waals surface area contributed by atoms with Crippen molar-refractivity contribution in [2.75, 3.05) is 7.11 Å². The average molecular weight is 577 g/mol. The summed E-state index contributed by atoms with van der Waals surface area (Å²) in [6.07, 6.45) is -0.235. The molecule has 0 heterocycles. The molecule has 0 saturated heterocycles. The minimum absolute atomic E-state index is 0.0630. The monoisotopic (exact) mass is 577 g/mol. The lowest BCUT2D eigenvalue weighted by Gasteiger charge is -2.24. The van der Waals surface area contributed by atoms with E-state index in [2.05, 4.69) is 0 Å². The third kappa shape index (κ3) is 6.40.